The van der Waals surface area contributed by atoms with Crippen molar-refractivity contribution in [1.29, 1.82) is 0 Å². The van der Waals surface area contributed by atoms with Gasteiger partial charge in [0.1, 0.15) is 0 Å². The van der Waals surface area contributed by atoms with Crippen LogP contribution < -0.4 is 5.32 Å². The topological polar surface area (TPSA) is 42.0 Å². The van der Waals surface area contributed by atoms with Gasteiger partial charge in [-0.1, -0.05) is 12.1 Å². The van der Waals surface area contributed by atoms with Gasteiger partial charge in [0.2, 0.25) is 5.91 Å². The maximum absolute atomic E-state index is 11.7. The molecule has 0 aliphatic heterocycles. The molecule has 0 atom stereocenters. The third kappa shape index (κ3) is 4.16. The Morgan fingerprint density at radius 2 is 2.11 bits per heavy atom. The van der Waals surface area contributed by atoms with Crippen LogP contribution in [-0.4, -0.2) is 17.4 Å². The fourth-order valence-corrected chi connectivity index (χ4v) is 2.32. The normalized spacial score (nSPS) is 10.3. The van der Waals surface area contributed by atoms with Crippen LogP contribution in [0.25, 0.3) is 0 Å². The second kappa shape index (κ2) is 6.56. The van der Waals surface area contributed by atoms with Crippen LogP contribution in [0.5, 0.6) is 0 Å². The molecule has 1 N–H and O–H groups in total. The molecule has 94 valence electrons. The average molecular weight is 278 g/mol. The van der Waals surface area contributed by atoms with Crippen molar-refractivity contribution < 1.29 is 4.79 Å². The van der Waals surface area contributed by atoms with Gasteiger partial charge >= 0.3 is 0 Å². The molecule has 1 amide bonds. The largest absolute Gasteiger partial charge is 0.355 e. The number of nitrogens with one attached hydrogen (secondary N) is 1. The van der Waals surface area contributed by atoms with Crippen molar-refractivity contribution in [3.63, 3.8) is 0 Å². The summed E-state index contributed by atoms with van der Waals surface area (Å²) in [7, 11) is 0. The Hall–Kier alpha value is -1.33. The Balaban J connectivity index is 1.73. The Morgan fingerprint density at radius 3 is 2.78 bits per heavy atom. The number of carbonyl (C=O) groups excluding carboxylic acids is 1. The van der Waals surface area contributed by atoms with Gasteiger partial charge in [-0.05, 0) is 17.7 Å². The van der Waals surface area contributed by atoms with Gasteiger partial charge in [-0.2, -0.15) is 0 Å². The summed E-state index contributed by atoms with van der Waals surface area (Å²) in [5.74, 6) is 0.0403. The molecule has 2 aromatic rings. The van der Waals surface area contributed by atoms with Crippen LogP contribution in [0.1, 0.15) is 10.6 Å². The van der Waals surface area contributed by atoms with Crippen LogP contribution in [0.2, 0.25) is 0 Å². The number of thiazole rings is 1. The molecule has 0 saturated carbocycles. The van der Waals surface area contributed by atoms with Crippen LogP contribution in [0.15, 0.2) is 40.7 Å². The van der Waals surface area contributed by atoms with Crippen molar-refractivity contribution in [2.75, 3.05) is 6.54 Å². The lowest BCUT2D eigenvalue weighted by atomic mass is 10.1. The van der Waals surface area contributed by atoms with E-state index in [1.54, 1.807) is 17.5 Å². The second-order valence-electron chi connectivity index (χ2n) is 3.87. The molecule has 0 unspecified atom stereocenters. The van der Waals surface area contributed by atoms with Crippen molar-refractivity contribution in [2.45, 2.75) is 17.7 Å². The molecule has 1 heterocycles. The Bertz CT molecular complexity index is 494. The molecule has 5 heteroatoms. The van der Waals surface area contributed by atoms with Crippen molar-refractivity contribution in [3.05, 3.63) is 46.4 Å². The van der Waals surface area contributed by atoms with Gasteiger partial charge in [-0.25, -0.2) is 4.98 Å². The predicted octanol–water partition coefficient (Wildman–Crippen LogP) is 2.33. The van der Waals surface area contributed by atoms with Gasteiger partial charge < -0.3 is 5.32 Å². The second-order valence-corrected chi connectivity index (χ2v) is 5.36. The Labute approximate surface area is 116 Å². The maximum atomic E-state index is 11.7. The van der Waals surface area contributed by atoms with Gasteiger partial charge in [0.15, 0.2) is 0 Å². The molecule has 0 spiro atoms. The molecule has 3 nitrogen and oxygen atoms in total. The van der Waals surface area contributed by atoms with Crippen LogP contribution in [0.4, 0.5) is 0 Å². The summed E-state index contributed by atoms with van der Waals surface area (Å²) in [4.78, 5) is 16.7. The van der Waals surface area contributed by atoms with Crippen molar-refractivity contribution in [3.8, 4) is 0 Å². The van der Waals surface area contributed by atoms with E-state index in [9.17, 15) is 4.79 Å². The van der Waals surface area contributed by atoms with Gasteiger partial charge in [0, 0.05) is 29.4 Å². The molecular weight excluding hydrogens is 264 g/mol. The van der Waals surface area contributed by atoms with Gasteiger partial charge in [0.05, 0.1) is 11.4 Å². The van der Waals surface area contributed by atoms with Crippen LogP contribution >= 0.6 is 24.0 Å². The summed E-state index contributed by atoms with van der Waals surface area (Å²) >= 11 is 5.82. The van der Waals surface area contributed by atoms with E-state index >= 15 is 0 Å². The molecule has 1 aromatic carbocycles. The van der Waals surface area contributed by atoms with E-state index in [1.807, 2.05) is 29.6 Å². The number of amides is 1. The van der Waals surface area contributed by atoms with Gasteiger partial charge in [0.25, 0.3) is 0 Å². The molecule has 2 rings (SSSR count). The minimum absolute atomic E-state index is 0.0403. The fraction of sp³-hybridized carbons (Fsp3) is 0.231. The zero-order valence-corrected chi connectivity index (χ0v) is 11.5. The van der Waals surface area contributed by atoms with Crippen molar-refractivity contribution in [2.24, 2.45) is 0 Å². The first-order valence-electron chi connectivity index (χ1n) is 5.67. The molecule has 0 radical (unpaired) electrons. The summed E-state index contributed by atoms with van der Waals surface area (Å²) in [5.41, 5.74) is 1.000. The molecule has 0 fully saturated rings. The quantitative estimate of drug-likeness (QED) is 0.824. The SMILES string of the molecule is O=C(Cc1ccc(S)cc1)NCCc1nccs1. The summed E-state index contributed by atoms with van der Waals surface area (Å²) < 4.78 is 0. The van der Waals surface area contributed by atoms with Gasteiger partial charge in [-0.3, -0.25) is 4.79 Å². The van der Waals surface area contributed by atoms with E-state index in [2.05, 4.69) is 22.9 Å². The maximum Gasteiger partial charge on any atom is 0.224 e. The lowest BCUT2D eigenvalue weighted by molar-refractivity contribution is -0.120. The summed E-state index contributed by atoms with van der Waals surface area (Å²) in [6, 6.07) is 7.62. The first kappa shape index (κ1) is 13.1. The highest BCUT2D eigenvalue weighted by atomic mass is 32.1. The third-order valence-corrected chi connectivity index (χ3v) is 3.58. The lowest BCUT2D eigenvalue weighted by Crippen LogP contribution is -2.27. The zero-order chi connectivity index (χ0) is 12.8. The first-order valence-corrected chi connectivity index (χ1v) is 7.00. The standard InChI is InChI=1S/C13H14N2OS2/c16-12(9-10-1-3-11(17)4-2-10)14-6-5-13-15-7-8-18-13/h1-4,7-8,17H,5-6,9H2,(H,14,16). The van der Waals surface area contributed by atoms with E-state index in [-0.39, 0.29) is 5.91 Å². The number of rotatable bonds is 5. The smallest absolute Gasteiger partial charge is 0.224 e. The number of thiol groups is 1. The fourth-order valence-electron chi connectivity index (χ4n) is 1.55. The summed E-state index contributed by atoms with van der Waals surface area (Å²) in [6.07, 6.45) is 2.98. The molecule has 0 bridgehead atoms. The molecule has 0 saturated heterocycles. The minimum atomic E-state index is 0.0403. The highest BCUT2D eigenvalue weighted by Crippen LogP contribution is 2.08. The monoisotopic (exact) mass is 278 g/mol. The van der Waals surface area contributed by atoms with E-state index in [0.29, 0.717) is 13.0 Å². The molecular formula is C13H14N2OS2. The van der Waals surface area contributed by atoms with E-state index in [4.69, 9.17) is 0 Å². The molecule has 18 heavy (non-hydrogen) atoms. The predicted molar refractivity (Wildman–Crippen MR) is 76.2 cm³/mol. The minimum Gasteiger partial charge on any atom is -0.355 e. The highest BCUT2D eigenvalue weighted by Gasteiger charge is 2.03. The molecule has 0 aliphatic rings. The Morgan fingerprint density at radius 1 is 1.33 bits per heavy atom. The summed E-state index contributed by atoms with van der Waals surface area (Å²) in [5, 5.41) is 5.88. The molecule has 1 aromatic heterocycles. The number of hydrogen-bond acceptors (Lipinski definition) is 4. The third-order valence-electron chi connectivity index (χ3n) is 2.45. The highest BCUT2D eigenvalue weighted by molar-refractivity contribution is 7.80. The number of nitrogens with zero attached hydrogens (tertiary/aromatic N) is 1. The number of hydrogen-bond donors (Lipinski definition) is 2. The summed E-state index contributed by atoms with van der Waals surface area (Å²) in [6.45, 7) is 0.636. The number of carbonyl (C=O) groups is 1. The van der Waals surface area contributed by atoms with Gasteiger partial charge in [-0.15, -0.1) is 24.0 Å². The number of aromatic nitrogens is 1. The lowest BCUT2D eigenvalue weighted by Gasteiger charge is -2.04. The Kier molecular flexibility index (Phi) is 4.78. The van der Waals surface area contributed by atoms with E-state index in [0.717, 1.165) is 21.9 Å². The van der Waals surface area contributed by atoms with E-state index in [1.165, 1.54) is 0 Å². The van der Waals surface area contributed by atoms with Crippen LogP contribution in [0.3, 0.4) is 0 Å². The van der Waals surface area contributed by atoms with Crippen molar-refractivity contribution >= 4 is 29.9 Å². The molecule has 0 aliphatic carbocycles. The van der Waals surface area contributed by atoms with Crippen molar-refractivity contribution in [1.82, 2.24) is 10.3 Å². The number of benzene rings is 1. The van der Waals surface area contributed by atoms with E-state index < -0.39 is 0 Å². The van der Waals surface area contributed by atoms with Crippen LogP contribution in [0, 0.1) is 0 Å². The zero-order valence-electron chi connectivity index (χ0n) is 9.80. The average Bonchev–Trinajstić information content (AvgIpc) is 2.85. The first-order chi connectivity index (χ1) is 8.74. The van der Waals surface area contributed by atoms with Crippen LogP contribution in [-0.2, 0) is 17.6 Å².